The largest absolute Gasteiger partial charge is 0.474 e. The van der Waals surface area contributed by atoms with E-state index in [9.17, 15) is 4.79 Å². The van der Waals surface area contributed by atoms with E-state index in [1.807, 2.05) is 63.4 Å². The summed E-state index contributed by atoms with van der Waals surface area (Å²) in [5.74, 6) is 0.504. The Bertz CT molecular complexity index is 1010. The van der Waals surface area contributed by atoms with E-state index in [4.69, 9.17) is 14.6 Å². The van der Waals surface area contributed by atoms with E-state index in [2.05, 4.69) is 10.3 Å². The van der Waals surface area contributed by atoms with Crippen LogP contribution in [0.3, 0.4) is 0 Å². The number of quaternary nitrogens is 1. The number of amides is 1. The molecule has 8 nitrogen and oxygen atoms in total. The second-order valence-electron chi connectivity index (χ2n) is 8.92. The lowest BCUT2D eigenvalue weighted by Gasteiger charge is -2.24. The van der Waals surface area contributed by atoms with Crippen molar-refractivity contribution >= 4 is 17.3 Å². The number of nitrogens with zero attached hydrogens (tertiary/aromatic N) is 4. The molecular formula is C24H32N5O3+. The van der Waals surface area contributed by atoms with Gasteiger partial charge >= 0.3 is 0 Å². The number of rotatable bonds is 7. The van der Waals surface area contributed by atoms with Gasteiger partial charge in [-0.1, -0.05) is 17.2 Å². The van der Waals surface area contributed by atoms with Gasteiger partial charge in [0.2, 0.25) is 5.88 Å². The fourth-order valence-electron chi connectivity index (χ4n) is 4.01. The summed E-state index contributed by atoms with van der Waals surface area (Å²) in [7, 11) is 8.02. The fourth-order valence-corrected chi connectivity index (χ4v) is 4.01. The van der Waals surface area contributed by atoms with Crippen molar-refractivity contribution in [1.29, 1.82) is 0 Å². The molecule has 1 aromatic carbocycles. The van der Waals surface area contributed by atoms with Crippen molar-refractivity contribution in [3.63, 3.8) is 0 Å². The molecule has 1 amide bonds. The van der Waals surface area contributed by atoms with Crippen molar-refractivity contribution in [1.82, 2.24) is 19.8 Å². The summed E-state index contributed by atoms with van der Waals surface area (Å²) >= 11 is 0. The molecule has 2 aromatic rings. The summed E-state index contributed by atoms with van der Waals surface area (Å²) in [6.07, 6.45) is 3.55. The molecule has 0 radical (unpaired) electrons. The Morgan fingerprint density at radius 2 is 2.03 bits per heavy atom. The molecule has 1 saturated heterocycles. The lowest BCUT2D eigenvalue weighted by molar-refractivity contribution is 0.0237. The molecule has 0 spiro atoms. The molecule has 32 heavy (non-hydrogen) atoms. The van der Waals surface area contributed by atoms with Crippen molar-refractivity contribution in [3.8, 4) is 5.88 Å². The minimum absolute atomic E-state index is 0.0778. The van der Waals surface area contributed by atoms with Crippen LogP contribution in [-0.4, -0.2) is 82.1 Å². The monoisotopic (exact) mass is 438 g/mol. The maximum absolute atomic E-state index is 12.7. The number of fused-ring (bicyclic) bond motifs is 1. The Morgan fingerprint density at radius 3 is 2.78 bits per heavy atom. The molecule has 0 saturated carbocycles. The standard InChI is InChI=1S/C24H31N5O3/c1-28(2)13-12-25-23(30)18-7-5-6-17(16-18)22-21-20(29(3,4)27-22)8-11-26-24(21)32-19-9-14-31-15-10-19/h5-8,11,16,19H,9-10,12-15H2,1-4H3/p+1. The lowest BCUT2D eigenvalue weighted by Crippen LogP contribution is -2.31. The van der Waals surface area contributed by atoms with Crippen molar-refractivity contribution in [3.05, 3.63) is 53.2 Å². The summed E-state index contributed by atoms with van der Waals surface area (Å²) in [6, 6.07) is 9.58. The highest BCUT2D eigenvalue weighted by Gasteiger charge is 2.38. The third-order valence-electron chi connectivity index (χ3n) is 5.76. The Morgan fingerprint density at radius 1 is 1.25 bits per heavy atom. The molecule has 1 fully saturated rings. The van der Waals surface area contributed by atoms with Crippen LogP contribution < -0.4 is 14.6 Å². The quantitative estimate of drug-likeness (QED) is 0.671. The molecule has 8 heteroatoms. The zero-order valence-electron chi connectivity index (χ0n) is 19.3. The summed E-state index contributed by atoms with van der Waals surface area (Å²) in [6.45, 7) is 2.78. The third-order valence-corrected chi connectivity index (χ3v) is 5.76. The average Bonchev–Trinajstić information content (AvgIpc) is 3.06. The summed E-state index contributed by atoms with van der Waals surface area (Å²) in [4.78, 5) is 19.3. The van der Waals surface area contributed by atoms with Gasteiger partial charge in [-0.15, -0.1) is 0 Å². The number of nitrogens with one attached hydrogen (secondary N) is 1. The van der Waals surface area contributed by atoms with Crippen molar-refractivity contribution < 1.29 is 14.3 Å². The molecule has 1 N–H and O–H groups in total. The fraction of sp³-hybridized carbons (Fsp3) is 0.458. The Kier molecular flexibility index (Phi) is 6.55. The van der Waals surface area contributed by atoms with Gasteiger partial charge in [-0.05, 0) is 26.2 Å². The number of hydrogen-bond donors (Lipinski definition) is 1. The maximum atomic E-state index is 12.7. The highest BCUT2D eigenvalue weighted by atomic mass is 16.5. The predicted octanol–water partition coefficient (Wildman–Crippen LogP) is 2.26. The molecule has 3 heterocycles. The molecule has 0 aliphatic carbocycles. The third kappa shape index (κ3) is 4.82. The molecule has 2 aliphatic heterocycles. The summed E-state index contributed by atoms with van der Waals surface area (Å²) in [5.41, 5.74) is 4.20. The SMILES string of the molecule is CN(C)CCNC(=O)c1cccc(C2=N[N+](C)(C)c3ccnc(OC4CCOCC4)c32)c1. The molecule has 2 aliphatic rings. The molecule has 1 aromatic heterocycles. The van der Waals surface area contributed by atoms with Gasteiger partial charge in [0, 0.05) is 49.3 Å². The molecule has 4 rings (SSSR count). The minimum atomic E-state index is -0.0915. The zero-order chi connectivity index (χ0) is 22.7. The van der Waals surface area contributed by atoms with Crippen LogP contribution in [0, 0.1) is 0 Å². The van der Waals surface area contributed by atoms with E-state index in [1.165, 1.54) is 0 Å². The van der Waals surface area contributed by atoms with E-state index >= 15 is 0 Å². The van der Waals surface area contributed by atoms with Crippen molar-refractivity contribution in [2.75, 3.05) is 54.5 Å². The molecular weight excluding hydrogens is 406 g/mol. The number of aromatic nitrogens is 1. The van der Waals surface area contributed by atoms with E-state index in [-0.39, 0.29) is 12.0 Å². The van der Waals surface area contributed by atoms with E-state index in [0.717, 1.165) is 41.9 Å². The van der Waals surface area contributed by atoms with Crippen LogP contribution in [0.25, 0.3) is 0 Å². The van der Waals surface area contributed by atoms with E-state index in [1.54, 1.807) is 6.20 Å². The Labute approximate surface area is 189 Å². The number of likely N-dealkylation sites (N-methyl/N-ethyl adjacent to an activating group) is 1. The van der Waals surface area contributed by atoms with Gasteiger partial charge < -0.3 is 19.7 Å². The molecule has 0 atom stereocenters. The number of carbonyl (C=O) groups excluding carboxylic acids is 1. The second-order valence-corrected chi connectivity index (χ2v) is 8.92. The smallest absolute Gasteiger partial charge is 0.251 e. The number of ether oxygens (including phenoxy) is 2. The number of benzene rings is 1. The number of carbonyl (C=O) groups is 1. The summed E-state index contributed by atoms with van der Waals surface area (Å²) < 4.78 is 12.1. The summed E-state index contributed by atoms with van der Waals surface area (Å²) in [5, 5.41) is 7.95. The first kappa shape index (κ1) is 22.4. The van der Waals surface area contributed by atoms with Gasteiger partial charge in [-0.3, -0.25) is 4.79 Å². The van der Waals surface area contributed by atoms with Gasteiger partial charge in [-0.2, -0.15) is 4.59 Å². The van der Waals surface area contributed by atoms with E-state index < -0.39 is 0 Å². The van der Waals surface area contributed by atoms with Gasteiger partial charge in [0.25, 0.3) is 5.91 Å². The first-order valence-electron chi connectivity index (χ1n) is 11.1. The highest BCUT2D eigenvalue weighted by Crippen LogP contribution is 2.39. The van der Waals surface area contributed by atoms with Gasteiger partial charge in [0.05, 0.1) is 27.3 Å². The maximum Gasteiger partial charge on any atom is 0.251 e. The van der Waals surface area contributed by atoms with E-state index in [0.29, 0.717) is 35.8 Å². The average molecular weight is 439 g/mol. The first-order chi connectivity index (χ1) is 15.3. The number of pyridine rings is 1. The van der Waals surface area contributed by atoms with Crippen LogP contribution in [0.5, 0.6) is 5.88 Å². The predicted molar refractivity (Wildman–Crippen MR) is 125 cm³/mol. The lowest BCUT2D eigenvalue weighted by atomic mass is 10.00. The zero-order valence-corrected chi connectivity index (χ0v) is 19.3. The van der Waals surface area contributed by atoms with Crippen molar-refractivity contribution in [2.45, 2.75) is 18.9 Å². The van der Waals surface area contributed by atoms with Crippen LogP contribution >= 0.6 is 0 Å². The Balaban J connectivity index is 1.64. The highest BCUT2D eigenvalue weighted by molar-refractivity contribution is 6.19. The normalized spacial score (nSPS) is 17.7. The van der Waals surface area contributed by atoms with Crippen LogP contribution in [-0.2, 0) is 4.74 Å². The first-order valence-corrected chi connectivity index (χ1v) is 11.1. The number of hydrogen-bond acceptors (Lipinski definition) is 6. The van der Waals surface area contributed by atoms with Gasteiger partial charge in [0.15, 0.2) is 5.69 Å². The Hall–Kier alpha value is -2.81. The minimum Gasteiger partial charge on any atom is -0.474 e. The topological polar surface area (TPSA) is 76.1 Å². The van der Waals surface area contributed by atoms with Crippen LogP contribution in [0.2, 0.25) is 0 Å². The van der Waals surface area contributed by atoms with Gasteiger partial charge in [-0.25, -0.2) is 4.98 Å². The molecule has 0 unspecified atom stereocenters. The van der Waals surface area contributed by atoms with Crippen LogP contribution in [0.4, 0.5) is 5.69 Å². The van der Waals surface area contributed by atoms with Crippen molar-refractivity contribution in [2.24, 2.45) is 5.10 Å². The second kappa shape index (κ2) is 9.36. The van der Waals surface area contributed by atoms with Crippen LogP contribution in [0.15, 0.2) is 41.6 Å². The molecule has 0 bridgehead atoms. The van der Waals surface area contributed by atoms with Crippen LogP contribution in [0.1, 0.15) is 34.3 Å². The van der Waals surface area contributed by atoms with Gasteiger partial charge in [0.1, 0.15) is 17.4 Å². The molecule has 170 valence electrons.